The zero-order chi connectivity index (χ0) is 17.3. The van der Waals surface area contributed by atoms with Crippen LogP contribution in [0.15, 0.2) is 47.3 Å². The number of hydrogen-bond acceptors (Lipinski definition) is 3. The van der Waals surface area contributed by atoms with Crippen LogP contribution in [-0.4, -0.2) is 15.7 Å². The van der Waals surface area contributed by atoms with Gasteiger partial charge in [-0.05, 0) is 18.2 Å². The highest BCUT2D eigenvalue weighted by molar-refractivity contribution is 5.95. The van der Waals surface area contributed by atoms with Gasteiger partial charge in [0, 0.05) is 18.5 Å². The lowest BCUT2D eigenvalue weighted by atomic mass is 10.1. The number of hydrogen-bond donors (Lipinski definition) is 1. The number of aryl methyl sites for hydroxylation is 1. The van der Waals surface area contributed by atoms with Crippen LogP contribution in [0.4, 0.5) is 14.5 Å². The van der Waals surface area contributed by atoms with Crippen LogP contribution >= 0.6 is 0 Å². The number of amides is 1. The Kier molecular flexibility index (Phi) is 4.07. The molecule has 0 atom stereocenters. The van der Waals surface area contributed by atoms with Crippen molar-refractivity contribution in [3.8, 4) is 0 Å². The number of nitrogens with zero attached hydrogens (tertiary/aromatic N) is 2. The maximum absolute atomic E-state index is 13.6. The molecule has 0 bridgehead atoms. The third kappa shape index (κ3) is 3.01. The molecule has 122 valence electrons. The van der Waals surface area contributed by atoms with E-state index in [0.29, 0.717) is 22.5 Å². The summed E-state index contributed by atoms with van der Waals surface area (Å²) in [5, 5.41) is 7.50. The molecule has 0 aliphatic rings. The minimum atomic E-state index is -0.860. The molecule has 1 aromatic heterocycles. The normalized spacial score (nSPS) is 10.8. The van der Waals surface area contributed by atoms with E-state index < -0.39 is 17.5 Å². The second kappa shape index (κ2) is 6.19. The summed E-state index contributed by atoms with van der Waals surface area (Å²) in [5.74, 6) is -2.10. The Hall–Kier alpha value is -3.09. The van der Waals surface area contributed by atoms with Crippen LogP contribution in [0.25, 0.3) is 10.8 Å². The van der Waals surface area contributed by atoms with Crippen LogP contribution in [0.1, 0.15) is 5.69 Å². The molecule has 2 aromatic carbocycles. The number of rotatable bonds is 3. The number of nitrogens with one attached hydrogen (secondary N) is 1. The van der Waals surface area contributed by atoms with E-state index in [4.69, 9.17) is 0 Å². The van der Waals surface area contributed by atoms with Gasteiger partial charge in [0.1, 0.15) is 11.6 Å². The van der Waals surface area contributed by atoms with Crippen LogP contribution in [0.3, 0.4) is 0 Å². The molecular formula is C17H13F2N3O2. The van der Waals surface area contributed by atoms with Gasteiger partial charge in [0.2, 0.25) is 5.91 Å². The average molecular weight is 329 g/mol. The van der Waals surface area contributed by atoms with E-state index in [9.17, 15) is 18.4 Å². The minimum absolute atomic E-state index is 0.115. The van der Waals surface area contributed by atoms with Crippen LogP contribution in [0, 0.1) is 11.6 Å². The Morgan fingerprint density at radius 1 is 1.17 bits per heavy atom. The topological polar surface area (TPSA) is 64.0 Å². The second-order valence-corrected chi connectivity index (χ2v) is 5.27. The van der Waals surface area contributed by atoms with Gasteiger partial charge in [0.25, 0.3) is 5.56 Å². The Bertz CT molecular complexity index is 999. The Morgan fingerprint density at radius 3 is 2.58 bits per heavy atom. The predicted octanol–water partition coefficient (Wildman–Crippen LogP) is 2.39. The van der Waals surface area contributed by atoms with Gasteiger partial charge < -0.3 is 5.32 Å². The van der Waals surface area contributed by atoms with Crippen LogP contribution in [0.2, 0.25) is 0 Å². The van der Waals surface area contributed by atoms with E-state index in [0.717, 1.165) is 16.8 Å². The van der Waals surface area contributed by atoms with Crippen LogP contribution in [-0.2, 0) is 18.3 Å². The van der Waals surface area contributed by atoms with Gasteiger partial charge in [-0.2, -0.15) is 5.10 Å². The summed E-state index contributed by atoms with van der Waals surface area (Å²) < 4.78 is 27.7. The highest BCUT2D eigenvalue weighted by Gasteiger charge is 2.14. The highest BCUT2D eigenvalue weighted by atomic mass is 19.1. The number of fused-ring (bicyclic) bond motifs is 1. The standard InChI is InChI=1S/C17H13F2N3O2/c1-22-17(24)12-5-3-2-4-11(12)15(21-22)9-16(23)20-14-7-6-10(18)8-13(14)19/h2-8H,9H2,1H3,(H,20,23). The number of aromatic nitrogens is 2. The summed E-state index contributed by atoms with van der Waals surface area (Å²) in [6.07, 6.45) is -0.147. The number of carbonyl (C=O) groups is 1. The molecule has 1 amide bonds. The monoisotopic (exact) mass is 329 g/mol. The largest absolute Gasteiger partial charge is 0.323 e. The molecule has 3 rings (SSSR count). The quantitative estimate of drug-likeness (QED) is 0.802. The highest BCUT2D eigenvalue weighted by Crippen LogP contribution is 2.17. The Labute approximate surface area is 135 Å². The molecule has 24 heavy (non-hydrogen) atoms. The Balaban J connectivity index is 1.91. The average Bonchev–Trinajstić information content (AvgIpc) is 2.55. The lowest BCUT2D eigenvalue weighted by Crippen LogP contribution is -2.24. The van der Waals surface area contributed by atoms with Crippen molar-refractivity contribution in [1.29, 1.82) is 0 Å². The van der Waals surface area contributed by atoms with Crippen molar-refractivity contribution < 1.29 is 13.6 Å². The van der Waals surface area contributed by atoms with E-state index in [1.165, 1.54) is 7.05 Å². The Morgan fingerprint density at radius 2 is 1.88 bits per heavy atom. The molecule has 0 aliphatic heterocycles. The molecule has 5 nitrogen and oxygen atoms in total. The first-order valence-electron chi connectivity index (χ1n) is 7.15. The molecule has 0 saturated heterocycles. The fraction of sp³-hybridized carbons (Fsp3) is 0.118. The van der Waals surface area contributed by atoms with Crippen LogP contribution < -0.4 is 10.9 Å². The van der Waals surface area contributed by atoms with Crippen molar-refractivity contribution >= 4 is 22.4 Å². The maximum atomic E-state index is 13.6. The molecule has 0 aliphatic carbocycles. The molecule has 3 aromatic rings. The molecule has 0 radical (unpaired) electrons. The summed E-state index contributed by atoms with van der Waals surface area (Å²) in [7, 11) is 1.50. The molecule has 0 spiro atoms. The molecule has 0 unspecified atom stereocenters. The van der Waals surface area contributed by atoms with Gasteiger partial charge in [-0.15, -0.1) is 0 Å². The molecule has 1 N–H and O–H groups in total. The lowest BCUT2D eigenvalue weighted by Gasteiger charge is -2.09. The smallest absolute Gasteiger partial charge is 0.274 e. The number of anilines is 1. The van der Waals surface area contributed by atoms with Crippen molar-refractivity contribution in [3.63, 3.8) is 0 Å². The molecule has 7 heteroatoms. The number of halogens is 2. The third-order valence-corrected chi connectivity index (χ3v) is 3.57. The first kappa shape index (κ1) is 15.8. The van der Waals surface area contributed by atoms with E-state index in [1.807, 2.05) is 0 Å². The fourth-order valence-corrected chi connectivity index (χ4v) is 2.44. The SMILES string of the molecule is Cn1nc(CC(=O)Nc2ccc(F)cc2F)c2ccccc2c1=O. The molecule has 0 saturated carbocycles. The molecular weight excluding hydrogens is 316 g/mol. The van der Waals surface area contributed by atoms with Crippen molar-refractivity contribution in [1.82, 2.24) is 9.78 Å². The minimum Gasteiger partial charge on any atom is -0.323 e. The van der Waals surface area contributed by atoms with Crippen molar-refractivity contribution in [2.75, 3.05) is 5.32 Å². The summed E-state index contributed by atoms with van der Waals surface area (Å²) in [5.41, 5.74) is 0.0163. The second-order valence-electron chi connectivity index (χ2n) is 5.27. The number of benzene rings is 2. The molecule has 1 heterocycles. The third-order valence-electron chi connectivity index (χ3n) is 3.57. The van der Waals surface area contributed by atoms with Crippen molar-refractivity contribution in [3.05, 3.63) is 70.1 Å². The summed E-state index contributed by atoms with van der Waals surface area (Å²) >= 11 is 0. The van der Waals surface area contributed by atoms with E-state index in [1.54, 1.807) is 24.3 Å². The van der Waals surface area contributed by atoms with Gasteiger partial charge in [-0.1, -0.05) is 18.2 Å². The predicted molar refractivity (Wildman–Crippen MR) is 85.7 cm³/mol. The lowest BCUT2D eigenvalue weighted by molar-refractivity contribution is -0.115. The van der Waals surface area contributed by atoms with Crippen molar-refractivity contribution in [2.24, 2.45) is 7.05 Å². The zero-order valence-electron chi connectivity index (χ0n) is 12.7. The van der Waals surface area contributed by atoms with Gasteiger partial charge in [0.15, 0.2) is 0 Å². The molecule has 0 fully saturated rings. The summed E-state index contributed by atoms with van der Waals surface area (Å²) in [4.78, 5) is 24.2. The van der Waals surface area contributed by atoms with Gasteiger partial charge in [-0.25, -0.2) is 13.5 Å². The van der Waals surface area contributed by atoms with Gasteiger partial charge >= 0.3 is 0 Å². The van der Waals surface area contributed by atoms with Gasteiger partial charge in [0.05, 0.1) is 23.2 Å². The first-order valence-corrected chi connectivity index (χ1v) is 7.15. The van der Waals surface area contributed by atoms with Crippen molar-refractivity contribution in [2.45, 2.75) is 6.42 Å². The number of carbonyl (C=O) groups excluding carboxylic acids is 1. The van der Waals surface area contributed by atoms with E-state index in [2.05, 4.69) is 10.4 Å². The van der Waals surface area contributed by atoms with Gasteiger partial charge in [-0.3, -0.25) is 9.59 Å². The first-order chi connectivity index (χ1) is 11.5. The van der Waals surface area contributed by atoms with Crippen LogP contribution in [0.5, 0.6) is 0 Å². The summed E-state index contributed by atoms with van der Waals surface area (Å²) in [6.45, 7) is 0. The maximum Gasteiger partial charge on any atom is 0.274 e. The summed E-state index contributed by atoms with van der Waals surface area (Å²) in [6, 6.07) is 9.71. The van der Waals surface area contributed by atoms with E-state index in [-0.39, 0.29) is 17.7 Å². The zero-order valence-corrected chi connectivity index (χ0v) is 12.7. The van der Waals surface area contributed by atoms with E-state index >= 15 is 0 Å². The fourth-order valence-electron chi connectivity index (χ4n) is 2.44.